The molecule has 0 aliphatic carbocycles. The van der Waals surface area contributed by atoms with Crippen LogP contribution in [0.15, 0.2) is 42.5 Å². The summed E-state index contributed by atoms with van der Waals surface area (Å²) in [6.45, 7) is 8.30. The van der Waals surface area contributed by atoms with Crippen LogP contribution in [0.5, 0.6) is 11.5 Å². The number of amides is 2. The molecule has 0 saturated carbocycles. The predicted molar refractivity (Wildman–Crippen MR) is 109 cm³/mol. The standard InChI is InChI=1S/C22H26N2O4/c1-14(2)16-7-5-6-8-17(16)24-21(26)22(3,4)20(25)23-15-9-10-18-19(13-15)28-12-11-27-18/h5-10,13-14H,11-12H2,1-4H3,(H,23,25)(H,24,26). The Hall–Kier alpha value is -3.02. The molecule has 0 bridgehead atoms. The highest BCUT2D eigenvalue weighted by Crippen LogP contribution is 2.33. The molecule has 2 N–H and O–H groups in total. The van der Waals surface area contributed by atoms with Gasteiger partial charge in [0.1, 0.15) is 18.6 Å². The van der Waals surface area contributed by atoms with Crippen LogP contribution in [-0.4, -0.2) is 25.0 Å². The Kier molecular flexibility index (Phi) is 5.58. The van der Waals surface area contributed by atoms with Crippen molar-refractivity contribution >= 4 is 23.2 Å². The van der Waals surface area contributed by atoms with E-state index in [1.54, 1.807) is 32.0 Å². The van der Waals surface area contributed by atoms with Crippen LogP contribution < -0.4 is 20.1 Å². The summed E-state index contributed by atoms with van der Waals surface area (Å²) in [5.74, 6) is 0.717. The fourth-order valence-electron chi connectivity index (χ4n) is 2.90. The minimum Gasteiger partial charge on any atom is -0.486 e. The maximum atomic E-state index is 12.9. The molecule has 0 fully saturated rings. The number of rotatable bonds is 5. The van der Waals surface area contributed by atoms with E-state index >= 15 is 0 Å². The topological polar surface area (TPSA) is 76.7 Å². The Morgan fingerprint density at radius 1 is 0.929 bits per heavy atom. The summed E-state index contributed by atoms with van der Waals surface area (Å²) < 4.78 is 11.0. The van der Waals surface area contributed by atoms with Gasteiger partial charge in [-0.25, -0.2) is 0 Å². The molecule has 0 radical (unpaired) electrons. The summed E-state index contributed by atoms with van der Waals surface area (Å²) >= 11 is 0. The predicted octanol–water partition coefficient (Wildman–Crippen LogP) is 4.18. The first-order chi connectivity index (χ1) is 13.3. The van der Waals surface area contributed by atoms with Gasteiger partial charge in [-0.05, 0) is 43.5 Å². The van der Waals surface area contributed by atoms with E-state index in [9.17, 15) is 9.59 Å². The Morgan fingerprint density at radius 3 is 2.29 bits per heavy atom. The molecule has 0 unspecified atom stereocenters. The van der Waals surface area contributed by atoms with Crippen LogP contribution in [0.3, 0.4) is 0 Å². The fraction of sp³-hybridized carbons (Fsp3) is 0.364. The van der Waals surface area contributed by atoms with Gasteiger partial charge in [0.25, 0.3) is 0 Å². The molecule has 2 aromatic rings. The maximum absolute atomic E-state index is 12.9. The molecule has 0 saturated heterocycles. The van der Waals surface area contributed by atoms with Crippen molar-refractivity contribution in [3.63, 3.8) is 0 Å². The van der Waals surface area contributed by atoms with Crippen molar-refractivity contribution in [2.24, 2.45) is 5.41 Å². The van der Waals surface area contributed by atoms with Crippen molar-refractivity contribution in [3.05, 3.63) is 48.0 Å². The van der Waals surface area contributed by atoms with Crippen LogP contribution in [0.2, 0.25) is 0 Å². The molecule has 1 heterocycles. The number of ether oxygens (including phenoxy) is 2. The molecular formula is C22H26N2O4. The van der Waals surface area contributed by atoms with Crippen LogP contribution in [0.1, 0.15) is 39.2 Å². The normalized spacial score (nSPS) is 13.2. The molecule has 1 aliphatic rings. The summed E-state index contributed by atoms with van der Waals surface area (Å²) in [4.78, 5) is 25.7. The van der Waals surface area contributed by atoms with Crippen molar-refractivity contribution in [1.29, 1.82) is 0 Å². The number of benzene rings is 2. The minimum atomic E-state index is -1.27. The van der Waals surface area contributed by atoms with E-state index in [4.69, 9.17) is 9.47 Å². The monoisotopic (exact) mass is 382 g/mol. The first kappa shape index (κ1) is 19.7. The third-order valence-electron chi connectivity index (χ3n) is 4.77. The largest absolute Gasteiger partial charge is 0.486 e. The van der Waals surface area contributed by atoms with Gasteiger partial charge in [0.2, 0.25) is 11.8 Å². The van der Waals surface area contributed by atoms with Gasteiger partial charge in [-0.15, -0.1) is 0 Å². The van der Waals surface area contributed by atoms with Gasteiger partial charge in [0, 0.05) is 17.4 Å². The molecule has 3 rings (SSSR count). The summed E-state index contributed by atoms with van der Waals surface area (Å²) in [5.41, 5.74) is 1.04. The van der Waals surface area contributed by atoms with Crippen molar-refractivity contribution in [2.75, 3.05) is 23.8 Å². The van der Waals surface area contributed by atoms with E-state index in [-0.39, 0.29) is 11.8 Å². The van der Waals surface area contributed by atoms with Gasteiger partial charge in [-0.2, -0.15) is 0 Å². The number of carbonyl (C=O) groups is 2. The van der Waals surface area contributed by atoms with Crippen LogP contribution in [0, 0.1) is 5.41 Å². The summed E-state index contributed by atoms with van der Waals surface area (Å²) in [5, 5.41) is 5.71. The van der Waals surface area contributed by atoms with Crippen LogP contribution in [0.4, 0.5) is 11.4 Å². The highest BCUT2D eigenvalue weighted by molar-refractivity contribution is 6.14. The zero-order chi connectivity index (χ0) is 20.3. The zero-order valence-electron chi connectivity index (χ0n) is 16.7. The smallest absolute Gasteiger partial charge is 0.239 e. The Labute approximate surface area is 165 Å². The molecule has 148 valence electrons. The second-order valence-electron chi connectivity index (χ2n) is 7.63. The highest BCUT2D eigenvalue weighted by atomic mass is 16.6. The van der Waals surface area contributed by atoms with Crippen LogP contribution in [0.25, 0.3) is 0 Å². The van der Waals surface area contributed by atoms with Gasteiger partial charge < -0.3 is 20.1 Å². The van der Waals surface area contributed by atoms with Crippen molar-refractivity contribution in [2.45, 2.75) is 33.6 Å². The van der Waals surface area contributed by atoms with Crippen LogP contribution in [-0.2, 0) is 9.59 Å². The third-order valence-corrected chi connectivity index (χ3v) is 4.77. The van der Waals surface area contributed by atoms with Crippen molar-refractivity contribution < 1.29 is 19.1 Å². The van der Waals surface area contributed by atoms with E-state index in [0.29, 0.717) is 30.4 Å². The lowest BCUT2D eigenvalue weighted by molar-refractivity contribution is -0.135. The fourth-order valence-corrected chi connectivity index (χ4v) is 2.90. The third kappa shape index (κ3) is 4.11. The SMILES string of the molecule is CC(C)c1ccccc1NC(=O)C(C)(C)C(=O)Nc1ccc2c(c1)OCCO2. The number of para-hydroxylation sites is 1. The van der Waals surface area contributed by atoms with E-state index in [0.717, 1.165) is 11.3 Å². The van der Waals surface area contributed by atoms with Gasteiger partial charge >= 0.3 is 0 Å². The lowest BCUT2D eigenvalue weighted by atomic mass is 9.90. The molecule has 2 amide bonds. The number of hydrogen-bond donors (Lipinski definition) is 2. The molecule has 0 aromatic heterocycles. The highest BCUT2D eigenvalue weighted by Gasteiger charge is 2.36. The van der Waals surface area contributed by atoms with E-state index in [1.807, 2.05) is 24.3 Å². The molecule has 2 aromatic carbocycles. The first-order valence-electron chi connectivity index (χ1n) is 9.40. The van der Waals surface area contributed by atoms with E-state index < -0.39 is 11.3 Å². The number of hydrogen-bond acceptors (Lipinski definition) is 4. The zero-order valence-corrected chi connectivity index (χ0v) is 16.7. The number of fused-ring (bicyclic) bond motifs is 1. The molecule has 0 atom stereocenters. The summed E-state index contributed by atoms with van der Waals surface area (Å²) in [6.07, 6.45) is 0. The molecule has 0 spiro atoms. The molecule has 1 aliphatic heterocycles. The van der Waals surface area contributed by atoms with E-state index in [1.165, 1.54) is 0 Å². The number of carbonyl (C=O) groups excluding carboxylic acids is 2. The van der Waals surface area contributed by atoms with Crippen LogP contribution >= 0.6 is 0 Å². The molecule has 6 nitrogen and oxygen atoms in total. The van der Waals surface area contributed by atoms with Gasteiger partial charge in [0.15, 0.2) is 11.5 Å². The molecular weight excluding hydrogens is 356 g/mol. The van der Waals surface area contributed by atoms with Gasteiger partial charge in [-0.3, -0.25) is 9.59 Å². The Morgan fingerprint density at radius 2 is 1.57 bits per heavy atom. The second-order valence-corrected chi connectivity index (χ2v) is 7.63. The van der Waals surface area contributed by atoms with Crippen molar-refractivity contribution in [1.82, 2.24) is 0 Å². The average molecular weight is 382 g/mol. The van der Waals surface area contributed by atoms with Gasteiger partial charge in [0.05, 0.1) is 0 Å². The molecule has 6 heteroatoms. The molecule has 28 heavy (non-hydrogen) atoms. The average Bonchev–Trinajstić information content (AvgIpc) is 2.68. The first-order valence-corrected chi connectivity index (χ1v) is 9.40. The lowest BCUT2D eigenvalue weighted by Crippen LogP contribution is -2.41. The van der Waals surface area contributed by atoms with E-state index in [2.05, 4.69) is 24.5 Å². The minimum absolute atomic E-state index is 0.256. The Balaban J connectivity index is 1.73. The number of anilines is 2. The lowest BCUT2D eigenvalue weighted by Gasteiger charge is -2.24. The maximum Gasteiger partial charge on any atom is 0.239 e. The van der Waals surface area contributed by atoms with Crippen molar-refractivity contribution in [3.8, 4) is 11.5 Å². The summed E-state index contributed by atoms with van der Waals surface area (Å²) in [7, 11) is 0. The summed E-state index contributed by atoms with van der Waals surface area (Å²) in [6, 6.07) is 12.8. The number of nitrogens with one attached hydrogen (secondary N) is 2. The Bertz CT molecular complexity index is 890. The second kappa shape index (κ2) is 7.92. The quantitative estimate of drug-likeness (QED) is 0.761. The van der Waals surface area contributed by atoms with Gasteiger partial charge in [-0.1, -0.05) is 32.0 Å².